The predicted octanol–water partition coefficient (Wildman–Crippen LogP) is 1.69. The molecule has 0 aliphatic heterocycles. The molecule has 15 heavy (non-hydrogen) atoms. The number of tetrazole rings is 1. The normalized spacial score (nSPS) is 10.7. The van der Waals surface area contributed by atoms with Gasteiger partial charge in [-0.05, 0) is 25.0 Å². The van der Waals surface area contributed by atoms with Crippen LogP contribution >= 0.6 is 23.1 Å². The van der Waals surface area contributed by atoms with Crippen molar-refractivity contribution in [2.45, 2.75) is 24.9 Å². The fourth-order valence-corrected chi connectivity index (χ4v) is 2.67. The molecule has 0 unspecified atom stereocenters. The van der Waals surface area contributed by atoms with Crippen LogP contribution in [0, 0.1) is 6.92 Å². The maximum atomic E-state index is 4.22. The molecule has 0 bridgehead atoms. The summed E-state index contributed by atoms with van der Waals surface area (Å²) in [5.74, 6) is 1.01. The van der Waals surface area contributed by atoms with Crippen molar-refractivity contribution in [3.8, 4) is 0 Å². The molecular weight excluding hydrogens is 230 g/mol. The number of rotatable bonds is 5. The fourth-order valence-electron chi connectivity index (χ4n) is 1.18. The molecule has 2 heterocycles. The second kappa shape index (κ2) is 5.22. The maximum Gasteiger partial charge on any atom is 0.230 e. The summed E-state index contributed by atoms with van der Waals surface area (Å²) in [4.78, 5) is 5.60. The van der Waals surface area contributed by atoms with Gasteiger partial charge in [-0.1, -0.05) is 11.8 Å². The first-order chi connectivity index (χ1) is 7.36. The SMILES string of the molecule is Cc1ncsc1CCCSc1nn[nH]n1. The molecule has 2 aromatic heterocycles. The van der Waals surface area contributed by atoms with Gasteiger partial charge in [-0.2, -0.15) is 5.21 Å². The Morgan fingerprint density at radius 3 is 3.13 bits per heavy atom. The topological polar surface area (TPSA) is 67.3 Å². The summed E-state index contributed by atoms with van der Waals surface area (Å²) in [6, 6.07) is 0. The first kappa shape index (κ1) is 10.6. The van der Waals surface area contributed by atoms with E-state index in [1.165, 1.54) is 4.88 Å². The number of nitrogens with zero attached hydrogens (tertiary/aromatic N) is 4. The third kappa shape index (κ3) is 3.00. The highest BCUT2D eigenvalue weighted by Gasteiger charge is 2.02. The maximum absolute atomic E-state index is 4.22. The molecule has 0 radical (unpaired) electrons. The fraction of sp³-hybridized carbons (Fsp3) is 0.500. The summed E-state index contributed by atoms with van der Waals surface area (Å²) >= 11 is 3.35. The summed E-state index contributed by atoms with van der Waals surface area (Å²) in [6.07, 6.45) is 2.20. The number of hydrogen-bond donors (Lipinski definition) is 1. The first-order valence-electron chi connectivity index (χ1n) is 4.61. The van der Waals surface area contributed by atoms with Gasteiger partial charge in [0.25, 0.3) is 0 Å². The zero-order chi connectivity index (χ0) is 10.5. The van der Waals surface area contributed by atoms with Gasteiger partial charge in [0.15, 0.2) is 0 Å². The van der Waals surface area contributed by atoms with Crippen LogP contribution in [-0.4, -0.2) is 31.4 Å². The van der Waals surface area contributed by atoms with Crippen LogP contribution in [0.1, 0.15) is 17.0 Å². The van der Waals surface area contributed by atoms with E-state index in [1.807, 2.05) is 5.51 Å². The molecule has 0 fully saturated rings. The van der Waals surface area contributed by atoms with Crippen molar-refractivity contribution in [2.75, 3.05) is 5.75 Å². The molecule has 2 aromatic rings. The molecule has 0 aliphatic carbocycles. The number of thioether (sulfide) groups is 1. The van der Waals surface area contributed by atoms with Crippen molar-refractivity contribution in [3.63, 3.8) is 0 Å². The molecule has 0 atom stereocenters. The van der Waals surface area contributed by atoms with Crippen molar-refractivity contribution < 1.29 is 0 Å². The van der Waals surface area contributed by atoms with Crippen molar-refractivity contribution >= 4 is 23.1 Å². The summed E-state index contributed by atoms with van der Waals surface area (Å²) < 4.78 is 0. The summed E-state index contributed by atoms with van der Waals surface area (Å²) in [5, 5.41) is 14.4. The molecule has 1 N–H and O–H groups in total. The first-order valence-corrected chi connectivity index (χ1v) is 6.48. The van der Waals surface area contributed by atoms with E-state index < -0.39 is 0 Å². The minimum absolute atomic E-state index is 0.719. The Labute approximate surface area is 95.7 Å². The molecule has 0 aliphatic rings. The van der Waals surface area contributed by atoms with E-state index in [1.54, 1.807) is 23.1 Å². The lowest BCUT2D eigenvalue weighted by atomic mass is 10.2. The number of aryl methyl sites for hydroxylation is 2. The second-order valence-corrected chi connectivity index (χ2v) is 5.01. The van der Waals surface area contributed by atoms with Gasteiger partial charge in [0, 0.05) is 10.6 Å². The predicted molar refractivity (Wildman–Crippen MR) is 60.1 cm³/mol. The number of nitrogens with one attached hydrogen (secondary N) is 1. The van der Waals surface area contributed by atoms with Crippen LogP contribution in [0.15, 0.2) is 10.7 Å². The molecule has 0 saturated carbocycles. The molecule has 0 aromatic carbocycles. The summed E-state index contributed by atoms with van der Waals surface area (Å²) in [5.41, 5.74) is 3.06. The van der Waals surface area contributed by atoms with E-state index in [0.29, 0.717) is 0 Å². The highest BCUT2D eigenvalue weighted by atomic mass is 32.2. The summed E-state index contributed by atoms with van der Waals surface area (Å²) in [7, 11) is 0. The number of hydrogen-bond acceptors (Lipinski definition) is 6. The Hall–Kier alpha value is -0.950. The van der Waals surface area contributed by atoms with Gasteiger partial charge in [-0.3, -0.25) is 0 Å². The van der Waals surface area contributed by atoms with E-state index in [4.69, 9.17) is 0 Å². The van der Waals surface area contributed by atoms with Gasteiger partial charge in [-0.25, -0.2) is 4.98 Å². The standard InChI is InChI=1S/C8H11N5S2/c1-6-7(15-5-9-6)3-2-4-14-8-10-12-13-11-8/h5H,2-4H2,1H3,(H,10,11,12,13). The molecule has 0 saturated heterocycles. The lowest BCUT2D eigenvalue weighted by Crippen LogP contribution is -1.88. The molecule has 7 heteroatoms. The van der Waals surface area contributed by atoms with Gasteiger partial charge in [-0.15, -0.1) is 21.5 Å². The minimum Gasteiger partial charge on any atom is -0.250 e. The molecule has 0 spiro atoms. The van der Waals surface area contributed by atoms with Crippen LogP contribution in [0.2, 0.25) is 0 Å². The van der Waals surface area contributed by atoms with E-state index >= 15 is 0 Å². The van der Waals surface area contributed by atoms with Gasteiger partial charge >= 0.3 is 0 Å². The minimum atomic E-state index is 0.719. The molecule has 80 valence electrons. The second-order valence-electron chi connectivity index (χ2n) is 3.01. The Morgan fingerprint density at radius 1 is 1.53 bits per heavy atom. The van der Waals surface area contributed by atoms with Crippen LogP contribution < -0.4 is 0 Å². The van der Waals surface area contributed by atoms with Crippen molar-refractivity contribution in [1.29, 1.82) is 0 Å². The number of thiazole rings is 1. The number of aromatic nitrogens is 5. The summed E-state index contributed by atoms with van der Waals surface area (Å²) in [6.45, 7) is 2.05. The van der Waals surface area contributed by atoms with Crippen LogP contribution in [0.3, 0.4) is 0 Å². The monoisotopic (exact) mass is 241 g/mol. The van der Waals surface area contributed by atoms with Crippen molar-refractivity contribution in [2.24, 2.45) is 0 Å². The highest BCUT2D eigenvalue weighted by Crippen LogP contribution is 2.17. The van der Waals surface area contributed by atoms with Gasteiger partial charge in [0.1, 0.15) is 0 Å². The Bertz CT molecular complexity index is 397. The molecule has 2 rings (SSSR count). The Morgan fingerprint density at radius 2 is 2.47 bits per heavy atom. The van der Waals surface area contributed by atoms with Crippen molar-refractivity contribution in [3.05, 3.63) is 16.1 Å². The van der Waals surface area contributed by atoms with E-state index in [-0.39, 0.29) is 0 Å². The zero-order valence-corrected chi connectivity index (χ0v) is 9.94. The van der Waals surface area contributed by atoms with E-state index in [9.17, 15) is 0 Å². The van der Waals surface area contributed by atoms with Crippen LogP contribution in [0.25, 0.3) is 0 Å². The van der Waals surface area contributed by atoms with Crippen LogP contribution in [0.4, 0.5) is 0 Å². The van der Waals surface area contributed by atoms with E-state index in [0.717, 1.165) is 29.4 Å². The average Bonchev–Trinajstić information content (AvgIpc) is 2.85. The molecular formula is C8H11N5S2. The molecule has 0 amide bonds. The highest BCUT2D eigenvalue weighted by molar-refractivity contribution is 7.99. The smallest absolute Gasteiger partial charge is 0.230 e. The van der Waals surface area contributed by atoms with Crippen LogP contribution in [-0.2, 0) is 6.42 Å². The van der Waals surface area contributed by atoms with E-state index in [2.05, 4.69) is 32.5 Å². The largest absolute Gasteiger partial charge is 0.250 e. The Kier molecular flexibility index (Phi) is 3.68. The Balaban J connectivity index is 1.70. The quantitative estimate of drug-likeness (QED) is 0.637. The lowest BCUT2D eigenvalue weighted by Gasteiger charge is -1.97. The average molecular weight is 241 g/mol. The molecule has 5 nitrogen and oxygen atoms in total. The van der Waals surface area contributed by atoms with Crippen molar-refractivity contribution in [1.82, 2.24) is 25.6 Å². The van der Waals surface area contributed by atoms with Gasteiger partial charge in [0.05, 0.1) is 11.2 Å². The zero-order valence-electron chi connectivity index (χ0n) is 8.30. The van der Waals surface area contributed by atoms with Crippen LogP contribution in [0.5, 0.6) is 0 Å². The third-order valence-electron chi connectivity index (χ3n) is 1.95. The number of H-pyrrole nitrogens is 1. The van der Waals surface area contributed by atoms with Gasteiger partial charge < -0.3 is 0 Å². The third-order valence-corrected chi connectivity index (χ3v) is 3.87. The van der Waals surface area contributed by atoms with Gasteiger partial charge in [0.2, 0.25) is 5.16 Å². The lowest BCUT2D eigenvalue weighted by molar-refractivity contribution is 0.881. The number of aromatic amines is 1.